The van der Waals surface area contributed by atoms with Gasteiger partial charge in [0.1, 0.15) is 0 Å². The van der Waals surface area contributed by atoms with Crippen molar-refractivity contribution in [2.75, 3.05) is 0 Å². The van der Waals surface area contributed by atoms with Gasteiger partial charge in [-0.3, -0.25) is 4.99 Å². The molecule has 2 heteroatoms. The van der Waals surface area contributed by atoms with Gasteiger partial charge in [0.15, 0.2) is 0 Å². The standard InChI is InChI=1S/C14H12ClN/c1-11(13-9-5-6-10-14(13)15)16-12-7-3-2-4-8-12/h2-10H,1H3. The molecule has 80 valence electrons. The van der Waals surface area contributed by atoms with E-state index in [1.54, 1.807) is 0 Å². The fourth-order valence-electron chi connectivity index (χ4n) is 1.51. The molecule has 0 aliphatic carbocycles. The maximum absolute atomic E-state index is 6.10. The van der Waals surface area contributed by atoms with Crippen LogP contribution in [0.15, 0.2) is 59.6 Å². The molecule has 0 aliphatic heterocycles. The number of hydrogen-bond acceptors (Lipinski definition) is 1. The van der Waals surface area contributed by atoms with E-state index in [1.807, 2.05) is 61.5 Å². The summed E-state index contributed by atoms with van der Waals surface area (Å²) in [6.45, 7) is 1.97. The zero-order valence-electron chi connectivity index (χ0n) is 9.02. The summed E-state index contributed by atoms with van der Waals surface area (Å²) >= 11 is 6.10. The van der Waals surface area contributed by atoms with Crippen LogP contribution in [-0.2, 0) is 0 Å². The molecule has 16 heavy (non-hydrogen) atoms. The number of benzene rings is 2. The van der Waals surface area contributed by atoms with Gasteiger partial charge < -0.3 is 0 Å². The molecule has 0 unspecified atom stereocenters. The number of aliphatic imine (C=N–C) groups is 1. The Balaban J connectivity index is 2.36. The maximum Gasteiger partial charge on any atom is 0.0633 e. The van der Waals surface area contributed by atoms with E-state index >= 15 is 0 Å². The van der Waals surface area contributed by atoms with E-state index in [1.165, 1.54) is 0 Å². The minimum absolute atomic E-state index is 0.736. The van der Waals surface area contributed by atoms with E-state index < -0.39 is 0 Å². The molecular weight excluding hydrogens is 218 g/mol. The third kappa shape index (κ3) is 2.50. The first-order valence-corrected chi connectivity index (χ1v) is 5.50. The van der Waals surface area contributed by atoms with E-state index in [9.17, 15) is 0 Å². The van der Waals surface area contributed by atoms with Crippen LogP contribution in [-0.4, -0.2) is 5.71 Å². The average Bonchev–Trinajstić information content (AvgIpc) is 2.31. The van der Waals surface area contributed by atoms with Gasteiger partial charge in [-0.2, -0.15) is 0 Å². The summed E-state index contributed by atoms with van der Waals surface area (Å²) in [6.07, 6.45) is 0. The second-order valence-corrected chi connectivity index (χ2v) is 3.92. The Hall–Kier alpha value is -1.60. The Bertz CT molecular complexity index is 503. The Labute approximate surface area is 100 Å². The van der Waals surface area contributed by atoms with Gasteiger partial charge in [0.2, 0.25) is 0 Å². The Morgan fingerprint density at radius 3 is 2.25 bits per heavy atom. The number of hydrogen-bond donors (Lipinski definition) is 0. The normalized spacial score (nSPS) is 11.5. The first-order valence-electron chi connectivity index (χ1n) is 5.12. The number of halogens is 1. The molecule has 0 N–H and O–H groups in total. The van der Waals surface area contributed by atoms with E-state index in [0.717, 1.165) is 22.0 Å². The first-order chi connectivity index (χ1) is 7.77. The van der Waals surface area contributed by atoms with Crippen molar-refractivity contribution in [1.29, 1.82) is 0 Å². The average molecular weight is 230 g/mol. The lowest BCUT2D eigenvalue weighted by atomic mass is 10.1. The molecule has 0 fully saturated rings. The van der Waals surface area contributed by atoms with Crippen molar-refractivity contribution in [2.24, 2.45) is 4.99 Å². The van der Waals surface area contributed by atoms with Crippen molar-refractivity contribution in [3.05, 3.63) is 65.2 Å². The third-order valence-corrected chi connectivity index (χ3v) is 2.65. The van der Waals surface area contributed by atoms with Crippen LogP contribution in [0.4, 0.5) is 5.69 Å². The molecule has 2 aromatic rings. The van der Waals surface area contributed by atoms with E-state index in [2.05, 4.69) is 4.99 Å². The van der Waals surface area contributed by atoms with Gasteiger partial charge in [0, 0.05) is 16.3 Å². The summed E-state index contributed by atoms with van der Waals surface area (Å²) in [5.74, 6) is 0. The van der Waals surface area contributed by atoms with Gasteiger partial charge in [-0.15, -0.1) is 0 Å². The van der Waals surface area contributed by atoms with Crippen molar-refractivity contribution in [1.82, 2.24) is 0 Å². The highest BCUT2D eigenvalue weighted by atomic mass is 35.5. The Kier molecular flexibility index (Phi) is 3.37. The van der Waals surface area contributed by atoms with Crippen LogP contribution in [0.1, 0.15) is 12.5 Å². The highest BCUT2D eigenvalue weighted by Gasteiger charge is 2.01. The molecule has 0 amide bonds. The topological polar surface area (TPSA) is 12.4 Å². The van der Waals surface area contributed by atoms with Gasteiger partial charge in [-0.1, -0.05) is 48.0 Å². The number of rotatable bonds is 2. The van der Waals surface area contributed by atoms with Gasteiger partial charge in [0.05, 0.1) is 5.69 Å². The minimum Gasteiger partial charge on any atom is -0.253 e. The van der Waals surface area contributed by atoms with Gasteiger partial charge in [0.25, 0.3) is 0 Å². The largest absolute Gasteiger partial charge is 0.253 e. The van der Waals surface area contributed by atoms with Crippen molar-refractivity contribution in [3.63, 3.8) is 0 Å². The van der Waals surface area contributed by atoms with Crippen LogP contribution in [0.25, 0.3) is 0 Å². The zero-order chi connectivity index (χ0) is 11.4. The maximum atomic E-state index is 6.10. The molecule has 0 bridgehead atoms. The van der Waals surface area contributed by atoms with Crippen molar-refractivity contribution < 1.29 is 0 Å². The smallest absolute Gasteiger partial charge is 0.0633 e. The SMILES string of the molecule is CC(=Nc1ccccc1)c1ccccc1Cl. The third-order valence-electron chi connectivity index (χ3n) is 2.32. The minimum atomic E-state index is 0.736. The van der Waals surface area contributed by atoms with Crippen LogP contribution in [0, 0.1) is 0 Å². The van der Waals surface area contributed by atoms with E-state index in [4.69, 9.17) is 11.6 Å². The summed E-state index contributed by atoms with van der Waals surface area (Å²) in [4.78, 5) is 4.52. The molecule has 0 heterocycles. The molecule has 2 aromatic carbocycles. The summed E-state index contributed by atoms with van der Waals surface area (Å²) in [5, 5.41) is 0.736. The fourth-order valence-corrected chi connectivity index (χ4v) is 1.78. The molecule has 0 aromatic heterocycles. The molecule has 1 nitrogen and oxygen atoms in total. The van der Waals surface area contributed by atoms with Crippen LogP contribution in [0.3, 0.4) is 0 Å². The van der Waals surface area contributed by atoms with Crippen LogP contribution < -0.4 is 0 Å². The lowest BCUT2D eigenvalue weighted by Crippen LogP contribution is -1.94. The molecular formula is C14H12ClN. The molecule has 0 saturated carbocycles. The quantitative estimate of drug-likeness (QED) is 0.674. The molecule has 0 saturated heterocycles. The summed E-state index contributed by atoms with van der Waals surface area (Å²) in [6, 6.07) is 17.6. The molecule has 0 radical (unpaired) electrons. The predicted octanol–water partition coefficient (Wildman–Crippen LogP) is 4.48. The van der Waals surface area contributed by atoms with Gasteiger partial charge >= 0.3 is 0 Å². The van der Waals surface area contributed by atoms with Gasteiger partial charge in [-0.05, 0) is 25.1 Å². The number of para-hydroxylation sites is 1. The first kappa shape index (κ1) is 10.9. The van der Waals surface area contributed by atoms with Crippen LogP contribution >= 0.6 is 11.6 Å². The van der Waals surface area contributed by atoms with Crippen LogP contribution in [0.2, 0.25) is 5.02 Å². The molecule has 0 spiro atoms. The monoisotopic (exact) mass is 229 g/mol. The van der Waals surface area contributed by atoms with E-state index in [-0.39, 0.29) is 0 Å². The summed E-state index contributed by atoms with van der Waals surface area (Å²) in [7, 11) is 0. The Morgan fingerprint density at radius 2 is 1.56 bits per heavy atom. The molecule has 2 rings (SSSR count). The van der Waals surface area contributed by atoms with Crippen LogP contribution in [0.5, 0.6) is 0 Å². The van der Waals surface area contributed by atoms with Crippen molar-refractivity contribution in [3.8, 4) is 0 Å². The Morgan fingerprint density at radius 1 is 0.938 bits per heavy atom. The fraction of sp³-hybridized carbons (Fsp3) is 0.0714. The highest BCUT2D eigenvalue weighted by molar-refractivity contribution is 6.34. The number of nitrogens with zero attached hydrogens (tertiary/aromatic N) is 1. The zero-order valence-corrected chi connectivity index (χ0v) is 9.78. The second-order valence-electron chi connectivity index (χ2n) is 3.51. The second kappa shape index (κ2) is 4.95. The molecule has 0 atom stereocenters. The molecule has 0 aliphatic rings. The summed E-state index contributed by atoms with van der Waals surface area (Å²) in [5.41, 5.74) is 2.85. The van der Waals surface area contributed by atoms with Crippen molar-refractivity contribution >= 4 is 23.0 Å². The lowest BCUT2D eigenvalue weighted by molar-refractivity contribution is 1.47. The van der Waals surface area contributed by atoms with Crippen molar-refractivity contribution in [2.45, 2.75) is 6.92 Å². The van der Waals surface area contributed by atoms with Gasteiger partial charge in [-0.25, -0.2) is 0 Å². The summed E-state index contributed by atoms with van der Waals surface area (Å²) < 4.78 is 0. The predicted molar refractivity (Wildman–Crippen MR) is 69.8 cm³/mol. The lowest BCUT2D eigenvalue weighted by Gasteiger charge is -2.03. The van der Waals surface area contributed by atoms with E-state index in [0.29, 0.717) is 0 Å². The highest BCUT2D eigenvalue weighted by Crippen LogP contribution is 2.18.